The van der Waals surface area contributed by atoms with Crippen molar-refractivity contribution in [3.05, 3.63) is 29.3 Å². The molecule has 0 bridgehead atoms. The lowest BCUT2D eigenvalue weighted by molar-refractivity contribution is 0.374. The van der Waals surface area contributed by atoms with Crippen LogP contribution in [0.3, 0.4) is 0 Å². The first kappa shape index (κ1) is 17.4. The molecule has 0 atom stereocenters. The predicted octanol–water partition coefficient (Wildman–Crippen LogP) is 2.66. The van der Waals surface area contributed by atoms with Gasteiger partial charge >= 0.3 is 0 Å². The van der Waals surface area contributed by atoms with E-state index in [2.05, 4.69) is 0 Å². The molecule has 0 aliphatic carbocycles. The third-order valence-electron chi connectivity index (χ3n) is 2.63. The maximum absolute atomic E-state index is 12.7. The lowest BCUT2D eigenvalue weighted by Gasteiger charge is -2.24. The van der Waals surface area contributed by atoms with E-state index in [1.165, 1.54) is 10.4 Å². The van der Waals surface area contributed by atoms with E-state index >= 15 is 0 Å². The molecule has 4 nitrogen and oxygen atoms in total. The second-order valence-corrected chi connectivity index (χ2v) is 7.74. The van der Waals surface area contributed by atoms with E-state index in [-0.39, 0.29) is 22.4 Å². The third-order valence-corrected chi connectivity index (χ3v) is 5.20. The maximum Gasteiger partial charge on any atom is 0.244 e. The highest BCUT2D eigenvalue weighted by Gasteiger charge is 2.26. The highest BCUT2D eigenvalue weighted by Crippen LogP contribution is 2.25. The van der Waals surface area contributed by atoms with Crippen molar-refractivity contribution >= 4 is 38.8 Å². The minimum Gasteiger partial charge on any atom is -0.393 e. The Morgan fingerprint density at radius 1 is 1.40 bits per heavy atom. The first-order valence-corrected chi connectivity index (χ1v) is 8.50. The summed E-state index contributed by atoms with van der Waals surface area (Å²) in [5, 5.41) is 0.219. The van der Waals surface area contributed by atoms with E-state index < -0.39 is 10.0 Å². The number of sulfonamides is 1. The van der Waals surface area contributed by atoms with Crippen molar-refractivity contribution in [2.24, 2.45) is 11.7 Å². The minimum absolute atomic E-state index is 0.116. The predicted molar refractivity (Wildman–Crippen MR) is 86.5 cm³/mol. The number of halogens is 1. The Bertz CT molecular complexity index is 573. The lowest BCUT2D eigenvalue weighted by Crippen LogP contribution is -2.36. The van der Waals surface area contributed by atoms with Crippen LogP contribution in [0.4, 0.5) is 0 Å². The lowest BCUT2D eigenvalue weighted by atomic mass is 10.2. The summed E-state index contributed by atoms with van der Waals surface area (Å²) in [6, 6.07) is 6.42. The Morgan fingerprint density at radius 3 is 2.50 bits per heavy atom. The summed E-state index contributed by atoms with van der Waals surface area (Å²) in [7, 11) is -3.64. The van der Waals surface area contributed by atoms with Gasteiger partial charge in [-0.2, -0.15) is 4.31 Å². The summed E-state index contributed by atoms with van der Waals surface area (Å²) < 4.78 is 26.7. The summed E-state index contributed by atoms with van der Waals surface area (Å²) in [6.07, 6.45) is 0.353. The van der Waals surface area contributed by atoms with E-state index in [1.807, 2.05) is 13.8 Å². The Balaban J connectivity index is 3.10. The molecule has 0 heterocycles. The number of benzene rings is 1. The van der Waals surface area contributed by atoms with Gasteiger partial charge in [0.05, 0.1) is 10.0 Å². The molecule has 0 fully saturated rings. The van der Waals surface area contributed by atoms with Crippen LogP contribution >= 0.6 is 23.8 Å². The Hall–Kier alpha value is -0.690. The van der Waals surface area contributed by atoms with Gasteiger partial charge in [-0.05, 0) is 18.1 Å². The quantitative estimate of drug-likeness (QED) is 0.779. The van der Waals surface area contributed by atoms with Crippen molar-refractivity contribution < 1.29 is 8.42 Å². The average molecular weight is 335 g/mol. The second kappa shape index (κ2) is 7.36. The first-order valence-electron chi connectivity index (χ1n) is 6.28. The van der Waals surface area contributed by atoms with Gasteiger partial charge < -0.3 is 5.73 Å². The topological polar surface area (TPSA) is 63.4 Å². The zero-order valence-electron chi connectivity index (χ0n) is 11.5. The molecule has 0 spiro atoms. The third kappa shape index (κ3) is 4.70. The van der Waals surface area contributed by atoms with Gasteiger partial charge in [0, 0.05) is 19.5 Å². The molecule has 0 aromatic heterocycles. The van der Waals surface area contributed by atoms with Gasteiger partial charge in [0.2, 0.25) is 10.0 Å². The van der Waals surface area contributed by atoms with E-state index in [9.17, 15) is 8.42 Å². The van der Waals surface area contributed by atoms with Crippen LogP contribution in [0.5, 0.6) is 0 Å². The van der Waals surface area contributed by atoms with Crippen LogP contribution in [0.15, 0.2) is 29.2 Å². The molecular formula is C13H19ClN2O2S2. The second-order valence-electron chi connectivity index (χ2n) is 4.90. The van der Waals surface area contributed by atoms with Gasteiger partial charge in [-0.15, -0.1) is 0 Å². The largest absolute Gasteiger partial charge is 0.393 e. The molecule has 1 rings (SSSR count). The van der Waals surface area contributed by atoms with Crippen LogP contribution in [0.2, 0.25) is 5.02 Å². The smallest absolute Gasteiger partial charge is 0.244 e. The van der Waals surface area contributed by atoms with Crippen LogP contribution in [0, 0.1) is 5.92 Å². The van der Waals surface area contributed by atoms with Gasteiger partial charge in [0.1, 0.15) is 4.90 Å². The minimum atomic E-state index is -3.64. The molecular weight excluding hydrogens is 316 g/mol. The number of thiocarbonyl (C=S) groups is 1. The molecule has 2 N–H and O–H groups in total. The van der Waals surface area contributed by atoms with Gasteiger partial charge in [-0.3, -0.25) is 0 Å². The van der Waals surface area contributed by atoms with Crippen LogP contribution in [-0.2, 0) is 10.0 Å². The van der Waals surface area contributed by atoms with Crippen molar-refractivity contribution in [2.45, 2.75) is 25.2 Å². The van der Waals surface area contributed by atoms with E-state index in [0.717, 1.165) is 0 Å². The molecule has 0 saturated carbocycles. The molecule has 0 unspecified atom stereocenters. The zero-order chi connectivity index (χ0) is 15.3. The van der Waals surface area contributed by atoms with Crippen molar-refractivity contribution in [3.63, 3.8) is 0 Å². The normalized spacial score (nSPS) is 12.1. The number of hydrogen-bond donors (Lipinski definition) is 1. The van der Waals surface area contributed by atoms with Crippen molar-refractivity contribution in [1.82, 2.24) is 4.31 Å². The number of rotatable bonds is 7. The van der Waals surface area contributed by atoms with Gasteiger partial charge in [-0.1, -0.05) is 49.8 Å². The van der Waals surface area contributed by atoms with E-state index in [4.69, 9.17) is 29.6 Å². The van der Waals surface area contributed by atoms with E-state index in [0.29, 0.717) is 18.0 Å². The summed E-state index contributed by atoms with van der Waals surface area (Å²) >= 11 is 10.8. The Kier molecular flexibility index (Phi) is 6.39. The summed E-state index contributed by atoms with van der Waals surface area (Å²) in [4.78, 5) is 0.415. The molecule has 1 aromatic carbocycles. The van der Waals surface area contributed by atoms with Crippen molar-refractivity contribution in [1.29, 1.82) is 0 Å². The van der Waals surface area contributed by atoms with Crippen molar-refractivity contribution in [2.75, 3.05) is 13.1 Å². The van der Waals surface area contributed by atoms with Crippen LogP contribution in [-0.4, -0.2) is 30.8 Å². The molecule has 20 heavy (non-hydrogen) atoms. The van der Waals surface area contributed by atoms with Gasteiger partial charge in [-0.25, -0.2) is 8.42 Å². The zero-order valence-corrected chi connectivity index (χ0v) is 13.9. The maximum atomic E-state index is 12.7. The summed E-state index contributed by atoms with van der Waals surface area (Å²) in [5.41, 5.74) is 5.47. The highest BCUT2D eigenvalue weighted by molar-refractivity contribution is 7.89. The monoisotopic (exact) mass is 334 g/mol. The average Bonchev–Trinajstić information content (AvgIpc) is 2.34. The summed E-state index contributed by atoms with van der Waals surface area (Å²) in [5.74, 6) is 0.193. The summed E-state index contributed by atoms with van der Waals surface area (Å²) in [6.45, 7) is 4.57. The Morgan fingerprint density at radius 2 is 2.00 bits per heavy atom. The van der Waals surface area contributed by atoms with Crippen LogP contribution < -0.4 is 5.73 Å². The first-order chi connectivity index (χ1) is 9.25. The fourth-order valence-corrected chi connectivity index (χ4v) is 3.93. The van der Waals surface area contributed by atoms with Gasteiger partial charge in [0.25, 0.3) is 0 Å². The molecule has 0 radical (unpaired) electrons. The van der Waals surface area contributed by atoms with Crippen LogP contribution in [0.1, 0.15) is 20.3 Å². The van der Waals surface area contributed by atoms with E-state index in [1.54, 1.807) is 18.2 Å². The van der Waals surface area contributed by atoms with Crippen LogP contribution in [0.25, 0.3) is 0 Å². The van der Waals surface area contributed by atoms with Gasteiger partial charge in [0.15, 0.2) is 0 Å². The molecule has 0 aliphatic rings. The molecule has 7 heteroatoms. The molecule has 0 saturated heterocycles. The standard InChI is InChI=1S/C13H19ClN2O2S2/c1-10(2)9-16(8-7-13(15)19)20(17,18)12-6-4-3-5-11(12)14/h3-6,10H,7-9H2,1-2H3,(H2,15,19). The highest BCUT2D eigenvalue weighted by atomic mass is 35.5. The SMILES string of the molecule is CC(C)CN(CCC(N)=S)S(=O)(=O)c1ccccc1Cl. The molecule has 112 valence electrons. The number of nitrogens with zero attached hydrogens (tertiary/aromatic N) is 1. The molecule has 0 aliphatic heterocycles. The fraction of sp³-hybridized carbons (Fsp3) is 0.462. The Labute approximate surface area is 131 Å². The number of nitrogens with two attached hydrogens (primary N) is 1. The van der Waals surface area contributed by atoms with Crippen molar-refractivity contribution in [3.8, 4) is 0 Å². The number of hydrogen-bond acceptors (Lipinski definition) is 3. The molecule has 0 amide bonds. The molecule has 1 aromatic rings. The fourth-order valence-electron chi connectivity index (χ4n) is 1.74.